The highest BCUT2D eigenvalue weighted by atomic mass is 35.5. The van der Waals surface area contributed by atoms with Gasteiger partial charge in [0.1, 0.15) is 11.5 Å². The number of amides is 2. The molecule has 6 nitrogen and oxygen atoms in total. The third-order valence-corrected chi connectivity index (χ3v) is 3.33. The number of methoxy groups -OCH3 is 2. The van der Waals surface area contributed by atoms with Gasteiger partial charge in [-0.2, -0.15) is 0 Å². The van der Waals surface area contributed by atoms with Crippen LogP contribution in [0.3, 0.4) is 0 Å². The van der Waals surface area contributed by atoms with Crippen molar-refractivity contribution in [2.24, 2.45) is 5.92 Å². The number of aliphatic hydroxyl groups excluding tert-OH is 1. The van der Waals surface area contributed by atoms with Crippen molar-refractivity contribution in [1.29, 1.82) is 0 Å². The number of benzene rings is 1. The lowest BCUT2D eigenvalue weighted by molar-refractivity contribution is 0.214. The predicted octanol–water partition coefficient (Wildman–Crippen LogP) is 2.89. The topological polar surface area (TPSA) is 79.8 Å². The van der Waals surface area contributed by atoms with E-state index in [0.717, 1.165) is 0 Å². The Bertz CT molecular complexity index is 509. The molecule has 0 spiro atoms. The molecule has 1 rings (SSSR count). The number of carbonyl (C=O) groups is 1. The minimum Gasteiger partial charge on any atom is -0.495 e. The first kappa shape index (κ1) is 18.4. The smallest absolute Gasteiger partial charge is 0.319 e. The Labute approximate surface area is 135 Å². The third kappa shape index (κ3) is 5.27. The van der Waals surface area contributed by atoms with Crippen LogP contribution in [0.15, 0.2) is 12.1 Å². The lowest BCUT2D eigenvalue weighted by Gasteiger charge is -2.19. The van der Waals surface area contributed by atoms with Gasteiger partial charge in [0.15, 0.2) is 0 Å². The van der Waals surface area contributed by atoms with Gasteiger partial charge in [0.2, 0.25) is 0 Å². The van der Waals surface area contributed by atoms with Gasteiger partial charge < -0.3 is 25.2 Å². The van der Waals surface area contributed by atoms with Gasteiger partial charge in [-0.3, -0.25) is 0 Å². The Balaban J connectivity index is 2.82. The van der Waals surface area contributed by atoms with Crippen LogP contribution in [0.2, 0.25) is 5.02 Å². The largest absolute Gasteiger partial charge is 0.495 e. The lowest BCUT2D eigenvalue weighted by Crippen LogP contribution is -2.41. The maximum Gasteiger partial charge on any atom is 0.319 e. The highest BCUT2D eigenvalue weighted by Gasteiger charge is 2.16. The molecule has 0 bridgehead atoms. The van der Waals surface area contributed by atoms with Gasteiger partial charge in [0.05, 0.1) is 37.6 Å². The summed E-state index contributed by atoms with van der Waals surface area (Å²) in [6.45, 7) is 3.93. The molecule has 1 aromatic rings. The quantitative estimate of drug-likeness (QED) is 0.718. The van der Waals surface area contributed by atoms with E-state index < -0.39 is 6.03 Å². The zero-order chi connectivity index (χ0) is 16.7. The molecule has 0 aliphatic rings. The molecule has 0 aliphatic heterocycles. The number of hydrogen-bond donors (Lipinski definition) is 3. The fourth-order valence-electron chi connectivity index (χ4n) is 2.05. The normalized spacial score (nSPS) is 12.0. The minimum atomic E-state index is -0.428. The van der Waals surface area contributed by atoms with E-state index in [-0.39, 0.29) is 12.6 Å². The Morgan fingerprint density at radius 1 is 1.27 bits per heavy atom. The molecule has 7 heteroatoms. The summed E-state index contributed by atoms with van der Waals surface area (Å²) in [5.74, 6) is 1.21. The third-order valence-electron chi connectivity index (χ3n) is 3.03. The lowest BCUT2D eigenvalue weighted by atomic mass is 10.0. The Hall–Kier alpha value is -1.66. The average Bonchev–Trinajstić information content (AvgIpc) is 2.47. The number of anilines is 1. The number of aliphatic hydroxyl groups is 1. The maximum atomic E-state index is 12.1. The predicted molar refractivity (Wildman–Crippen MR) is 87.0 cm³/mol. The van der Waals surface area contributed by atoms with E-state index in [1.807, 2.05) is 13.8 Å². The molecule has 1 aromatic carbocycles. The molecule has 1 unspecified atom stereocenters. The second kappa shape index (κ2) is 8.70. The van der Waals surface area contributed by atoms with Crippen molar-refractivity contribution in [1.82, 2.24) is 5.32 Å². The molecule has 0 fully saturated rings. The average molecular weight is 331 g/mol. The van der Waals surface area contributed by atoms with E-state index in [9.17, 15) is 9.90 Å². The van der Waals surface area contributed by atoms with Crippen molar-refractivity contribution < 1.29 is 19.4 Å². The summed E-state index contributed by atoms with van der Waals surface area (Å²) in [6, 6.07) is 2.41. The van der Waals surface area contributed by atoms with Crippen LogP contribution < -0.4 is 20.1 Å². The molecule has 2 amide bonds. The van der Waals surface area contributed by atoms with E-state index in [0.29, 0.717) is 34.5 Å². The van der Waals surface area contributed by atoms with Crippen LogP contribution in [0, 0.1) is 5.92 Å². The molecule has 0 aliphatic carbocycles. The summed E-state index contributed by atoms with van der Waals surface area (Å²) in [5.41, 5.74) is 0.433. The molecule has 1 atom stereocenters. The van der Waals surface area contributed by atoms with Gasteiger partial charge in [-0.25, -0.2) is 4.79 Å². The van der Waals surface area contributed by atoms with Crippen LogP contribution in [0.4, 0.5) is 10.5 Å². The van der Waals surface area contributed by atoms with Crippen LogP contribution in [0.5, 0.6) is 11.5 Å². The number of halogens is 1. The van der Waals surface area contributed by atoms with Crippen molar-refractivity contribution in [2.75, 3.05) is 26.1 Å². The van der Waals surface area contributed by atoms with Crippen molar-refractivity contribution in [3.63, 3.8) is 0 Å². The van der Waals surface area contributed by atoms with Crippen LogP contribution in [-0.4, -0.2) is 38.0 Å². The van der Waals surface area contributed by atoms with Crippen molar-refractivity contribution in [3.05, 3.63) is 17.2 Å². The minimum absolute atomic E-state index is 0.118. The number of hydrogen-bond acceptors (Lipinski definition) is 4. The second-order valence-corrected chi connectivity index (χ2v) is 5.70. The Morgan fingerprint density at radius 3 is 2.41 bits per heavy atom. The van der Waals surface area contributed by atoms with Crippen LogP contribution in [0.1, 0.15) is 20.3 Å². The Morgan fingerprint density at radius 2 is 1.91 bits per heavy atom. The summed E-state index contributed by atoms with van der Waals surface area (Å²) >= 11 is 6.01. The van der Waals surface area contributed by atoms with Crippen molar-refractivity contribution in [3.8, 4) is 11.5 Å². The molecule has 0 saturated heterocycles. The van der Waals surface area contributed by atoms with E-state index in [1.54, 1.807) is 12.1 Å². The summed E-state index contributed by atoms with van der Waals surface area (Å²) in [6.07, 6.45) is 0.686. The molecule has 0 aromatic heterocycles. The van der Waals surface area contributed by atoms with Gasteiger partial charge >= 0.3 is 6.03 Å². The molecule has 124 valence electrons. The number of nitrogens with one attached hydrogen (secondary N) is 2. The molecule has 0 radical (unpaired) electrons. The highest BCUT2D eigenvalue weighted by molar-refractivity contribution is 6.32. The molecule has 3 N–H and O–H groups in total. The first-order valence-corrected chi connectivity index (χ1v) is 7.38. The summed E-state index contributed by atoms with van der Waals surface area (Å²) in [7, 11) is 2.97. The zero-order valence-electron chi connectivity index (χ0n) is 13.3. The fraction of sp³-hybridized carbons (Fsp3) is 0.533. The van der Waals surface area contributed by atoms with Gasteiger partial charge in [0, 0.05) is 12.1 Å². The maximum absolute atomic E-state index is 12.1. The van der Waals surface area contributed by atoms with Crippen LogP contribution in [-0.2, 0) is 0 Å². The van der Waals surface area contributed by atoms with E-state index in [1.165, 1.54) is 14.2 Å². The molecular weight excluding hydrogens is 308 g/mol. The van der Waals surface area contributed by atoms with Gasteiger partial charge in [0.25, 0.3) is 0 Å². The van der Waals surface area contributed by atoms with E-state index in [2.05, 4.69) is 10.6 Å². The van der Waals surface area contributed by atoms with E-state index >= 15 is 0 Å². The molecular formula is C15H23ClN2O4. The number of urea groups is 1. The fourth-order valence-corrected chi connectivity index (χ4v) is 2.28. The van der Waals surface area contributed by atoms with Crippen LogP contribution in [0.25, 0.3) is 0 Å². The number of ether oxygens (including phenoxy) is 2. The SMILES string of the molecule is COc1cc(NC(=O)NC(CO)CC(C)C)c(OC)cc1Cl. The molecule has 0 heterocycles. The monoisotopic (exact) mass is 330 g/mol. The Kier molecular flexibility index (Phi) is 7.27. The zero-order valence-corrected chi connectivity index (χ0v) is 14.0. The van der Waals surface area contributed by atoms with Gasteiger partial charge in [-0.1, -0.05) is 25.4 Å². The van der Waals surface area contributed by atoms with Crippen molar-refractivity contribution >= 4 is 23.3 Å². The second-order valence-electron chi connectivity index (χ2n) is 5.29. The summed E-state index contributed by atoms with van der Waals surface area (Å²) in [4.78, 5) is 12.1. The number of rotatable bonds is 7. The van der Waals surface area contributed by atoms with Gasteiger partial charge in [-0.05, 0) is 12.3 Å². The first-order valence-electron chi connectivity index (χ1n) is 7.01. The summed E-state index contributed by atoms with van der Waals surface area (Å²) in [5, 5.41) is 15.1. The molecule has 22 heavy (non-hydrogen) atoms. The van der Waals surface area contributed by atoms with Gasteiger partial charge in [-0.15, -0.1) is 0 Å². The molecule has 0 saturated carbocycles. The standard InChI is InChI=1S/C15H23ClN2O4/c1-9(2)5-10(8-19)17-15(20)18-12-7-13(21-3)11(16)6-14(12)22-4/h6-7,9-10,19H,5,8H2,1-4H3,(H2,17,18,20). The summed E-state index contributed by atoms with van der Waals surface area (Å²) < 4.78 is 10.3. The first-order chi connectivity index (χ1) is 10.4. The number of carbonyl (C=O) groups excluding carboxylic acids is 1. The van der Waals surface area contributed by atoms with E-state index in [4.69, 9.17) is 21.1 Å². The van der Waals surface area contributed by atoms with Crippen molar-refractivity contribution in [2.45, 2.75) is 26.3 Å². The highest BCUT2D eigenvalue weighted by Crippen LogP contribution is 2.35. The van der Waals surface area contributed by atoms with Crippen LogP contribution >= 0.6 is 11.6 Å².